The smallest absolute Gasteiger partial charge is 0.178 e. The van der Waals surface area contributed by atoms with Crippen molar-refractivity contribution in [3.63, 3.8) is 0 Å². The van der Waals surface area contributed by atoms with Crippen molar-refractivity contribution >= 4 is 46.5 Å². The van der Waals surface area contributed by atoms with Gasteiger partial charge in [-0.1, -0.05) is 23.2 Å². The minimum atomic E-state index is -0.153. The van der Waals surface area contributed by atoms with Crippen molar-refractivity contribution in [2.45, 2.75) is 31.9 Å². The van der Waals surface area contributed by atoms with Gasteiger partial charge >= 0.3 is 0 Å². The van der Waals surface area contributed by atoms with E-state index in [4.69, 9.17) is 40.2 Å². The summed E-state index contributed by atoms with van der Waals surface area (Å²) >= 11 is 17.5. The van der Waals surface area contributed by atoms with Crippen molar-refractivity contribution in [2.24, 2.45) is 0 Å². The first kappa shape index (κ1) is 13.4. The second-order valence-corrected chi connectivity index (χ2v) is 6.40. The summed E-state index contributed by atoms with van der Waals surface area (Å²) in [6.07, 6.45) is 2.14. The van der Waals surface area contributed by atoms with Crippen molar-refractivity contribution in [3.8, 4) is 0 Å². The van der Waals surface area contributed by atoms with Crippen LogP contribution < -0.4 is 0 Å². The Kier molecular flexibility index (Phi) is 3.38. The highest BCUT2D eigenvalue weighted by Gasteiger charge is 2.31. The van der Waals surface area contributed by atoms with Crippen molar-refractivity contribution in [3.05, 3.63) is 26.9 Å². The first-order valence-corrected chi connectivity index (χ1v) is 7.36. The van der Waals surface area contributed by atoms with Gasteiger partial charge in [-0.25, -0.2) is 0 Å². The molecular weight excluding hydrogens is 303 g/mol. The molecule has 1 N–H and O–H groups in total. The van der Waals surface area contributed by atoms with Gasteiger partial charge in [0.05, 0.1) is 33.2 Å². The van der Waals surface area contributed by atoms with Crippen LogP contribution in [0.1, 0.15) is 19.8 Å². The topological polar surface area (TPSA) is 29.9 Å². The number of benzene rings is 1. The highest BCUT2D eigenvalue weighted by atomic mass is 35.5. The van der Waals surface area contributed by atoms with Gasteiger partial charge < -0.3 is 14.3 Å². The zero-order chi connectivity index (χ0) is 13.6. The minimum Gasteiger partial charge on any atom is -0.373 e. The second-order valence-electron chi connectivity index (χ2n) is 5.20. The van der Waals surface area contributed by atoms with Crippen LogP contribution in [0.3, 0.4) is 0 Å². The molecule has 1 aliphatic heterocycles. The Labute approximate surface area is 126 Å². The molecule has 1 aromatic carbocycles. The molecule has 0 saturated carbocycles. The Morgan fingerprint density at radius 1 is 1.42 bits per heavy atom. The zero-order valence-electron chi connectivity index (χ0n) is 10.5. The van der Waals surface area contributed by atoms with Gasteiger partial charge in [0.25, 0.3) is 0 Å². The average Bonchev–Trinajstić information content (AvgIpc) is 2.88. The maximum absolute atomic E-state index is 6.10. The average molecular weight is 317 g/mol. The number of aromatic nitrogens is 2. The summed E-state index contributed by atoms with van der Waals surface area (Å²) in [4.78, 5) is 3.17. The summed E-state index contributed by atoms with van der Waals surface area (Å²) in [5.74, 6) is 0. The number of aromatic amines is 1. The molecule has 0 amide bonds. The van der Waals surface area contributed by atoms with Gasteiger partial charge in [-0.05, 0) is 44.1 Å². The standard InChI is InChI=1S/C13H14Cl2N2OS/c1-13(3-2-4-18-13)7-17-11-6-9(15)8(14)5-10(11)16-12(17)19/h5-6H,2-4,7H2,1H3,(H,16,19). The number of hydrogen-bond acceptors (Lipinski definition) is 2. The third kappa shape index (κ3) is 2.42. The van der Waals surface area contributed by atoms with Crippen LogP contribution in [0.25, 0.3) is 11.0 Å². The van der Waals surface area contributed by atoms with Crippen LogP contribution >= 0.6 is 35.4 Å². The van der Waals surface area contributed by atoms with E-state index in [9.17, 15) is 0 Å². The number of imidazole rings is 1. The lowest BCUT2D eigenvalue weighted by Gasteiger charge is -2.23. The number of rotatable bonds is 2. The van der Waals surface area contributed by atoms with Crippen molar-refractivity contribution in [1.29, 1.82) is 0 Å². The summed E-state index contributed by atoms with van der Waals surface area (Å²) in [7, 11) is 0. The van der Waals surface area contributed by atoms with E-state index in [1.165, 1.54) is 0 Å². The molecular formula is C13H14Cl2N2OS. The zero-order valence-corrected chi connectivity index (χ0v) is 12.8. The Balaban J connectivity index is 2.10. The van der Waals surface area contributed by atoms with Gasteiger partial charge in [0.1, 0.15) is 0 Å². The Hall–Kier alpha value is -0.550. The normalized spacial score (nSPS) is 23.3. The van der Waals surface area contributed by atoms with Crippen LogP contribution in [0.4, 0.5) is 0 Å². The number of hydrogen-bond donors (Lipinski definition) is 1. The van der Waals surface area contributed by atoms with Gasteiger partial charge in [0.2, 0.25) is 0 Å². The SMILES string of the molecule is CC1(Cn2c(=S)[nH]c3cc(Cl)c(Cl)cc32)CCCO1. The van der Waals surface area contributed by atoms with E-state index in [2.05, 4.69) is 11.9 Å². The van der Waals surface area contributed by atoms with Gasteiger partial charge in [-0.15, -0.1) is 0 Å². The molecule has 1 fully saturated rings. The van der Waals surface area contributed by atoms with E-state index in [1.807, 2.05) is 16.7 Å². The third-order valence-corrected chi connectivity index (χ3v) is 4.65. The fraction of sp³-hybridized carbons (Fsp3) is 0.462. The predicted octanol–water partition coefficient (Wildman–Crippen LogP) is 4.57. The number of ether oxygens (including phenoxy) is 1. The van der Waals surface area contributed by atoms with E-state index in [0.29, 0.717) is 14.8 Å². The molecule has 1 aromatic heterocycles. The van der Waals surface area contributed by atoms with Crippen molar-refractivity contribution in [1.82, 2.24) is 9.55 Å². The number of halogens is 2. The molecule has 1 unspecified atom stereocenters. The quantitative estimate of drug-likeness (QED) is 0.822. The number of fused-ring (bicyclic) bond motifs is 1. The second kappa shape index (κ2) is 4.77. The minimum absolute atomic E-state index is 0.153. The number of nitrogens with one attached hydrogen (secondary N) is 1. The van der Waals surface area contributed by atoms with Gasteiger partial charge in [-0.3, -0.25) is 0 Å². The van der Waals surface area contributed by atoms with Crippen LogP contribution in [-0.4, -0.2) is 21.8 Å². The number of H-pyrrole nitrogens is 1. The highest BCUT2D eigenvalue weighted by molar-refractivity contribution is 7.71. The molecule has 0 bridgehead atoms. The number of nitrogens with zero attached hydrogens (tertiary/aromatic N) is 1. The van der Waals surface area contributed by atoms with Crippen LogP contribution in [0, 0.1) is 4.77 Å². The lowest BCUT2D eigenvalue weighted by atomic mass is 10.0. The fourth-order valence-electron chi connectivity index (χ4n) is 2.60. The summed E-state index contributed by atoms with van der Waals surface area (Å²) in [6.45, 7) is 3.67. The maximum Gasteiger partial charge on any atom is 0.178 e. The van der Waals surface area contributed by atoms with Crippen LogP contribution in [0.5, 0.6) is 0 Å². The highest BCUT2D eigenvalue weighted by Crippen LogP contribution is 2.31. The summed E-state index contributed by atoms with van der Waals surface area (Å²) in [5, 5.41) is 1.07. The molecule has 2 aromatic rings. The molecule has 0 spiro atoms. The molecule has 102 valence electrons. The largest absolute Gasteiger partial charge is 0.373 e. The van der Waals surface area contributed by atoms with Crippen LogP contribution in [-0.2, 0) is 11.3 Å². The molecule has 1 aliphatic rings. The first-order chi connectivity index (χ1) is 8.98. The first-order valence-electron chi connectivity index (χ1n) is 6.20. The van der Waals surface area contributed by atoms with Crippen molar-refractivity contribution in [2.75, 3.05) is 6.61 Å². The molecule has 0 aliphatic carbocycles. The molecule has 1 saturated heterocycles. The molecule has 2 heterocycles. The monoisotopic (exact) mass is 316 g/mol. The lowest BCUT2D eigenvalue weighted by molar-refractivity contribution is 0.00679. The molecule has 3 rings (SSSR count). The van der Waals surface area contributed by atoms with Crippen LogP contribution in [0.2, 0.25) is 10.0 Å². The van der Waals surface area contributed by atoms with Gasteiger partial charge in [0.15, 0.2) is 4.77 Å². The fourth-order valence-corrected chi connectivity index (χ4v) is 3.20. The van der Waals surface area contributed by atoms with E-state index in [-0.39, 0.29) is 5.60 Å². The maximum atomic E-state index is 6.10. The molecule has 19 heavy (non-hydrogen) atoms. The van der Waals surface area contributed by atoms with Crippen molar-refractivity contribution < 1.29 is 4.74 Å². The van der Waals surface area contributed by atoms with Gasteiger partial charge in [-0.2, -0.15) is 0 Å². The molecule has 0 radical (unpaired) electrons. The van der Waals surface area contributed by atoms with Gasteiger partial charge in [0, 0.05) is 6.61 Å². The van der Waals surface area contributed by atoms with E-state index >= 15 is 0 Å². The molecule has 6 heteroatoms. The van der Waals surface area contributed by atoms with E-state index in [0.717, 1.165) is 37.0 Å². The Morgan fingerprint density at radius 3 is 2.84 bits per heavy atom. The summed E-state index contributed by atoms with van der Waals surface area (Å²) in [5.41, 5.74) is 1.72. The van der Waals surface area contributed by atoms with E-state index in [1.54, 1.807) is 0 Å². The third-order valence-electron chi connectivity index (χ3n) is 3.61. The Morgan fingerprint density at radius 2 is 2.16 bits per heavy atom. The summed E-state index contributed by atoms with van der Waals surface area (Å²) in [6, 6.07) is 3.66. The van der Waals surface area contributed by atoms with E-state index < -0.39 is 0 Å². The molecule has 1 atom stereocenters. The Bertz CT molecular complexity index is 686. The predicted molar refractivity (Wildman–Crippen MR) is 80.7 cm³/mol. The molecule has 3 nitrogen and oxygen atoms in total. The lowest BCUT2D eigenvalue weighted by Crippen LogP contribution is -2.29. The summed E-state index contributed by atoms with van der Waals surface area (Å²) < 4.78 is 8.54. The van der Waals surface area contributed by atoms with Crippen LogP contribution in [0.15, 0.2) is 12.1 Å².